The van der Waals surface area contributed by atoms with E-state index in [1.165, 1.54) is 0 Å². The van der Waals surface area contributed by atoms with Crippen LogP contribution in [-0.4, -0.2) is 23.3 Å². The van der Waals surface area contributed by atoms with Crippen LogP contribution in [0, 0.1) is 0 Å². The first kappa shape index (κ1) is 14.7. The monoisotopic (exact) mass is 387 g/mol. The molecule has 0 fully saturated rings. The number of aromatic nitrogens is 2. The van der Waals surface area contributed by atoms with Gasteiger partial charge in [0.2, 0.25) is 11.8 Å². The van der Waals surface area contributed by atoms with Crippen molar-refractivity contribution >= 4 is 31.9 Å². The molecule has 0 radical (unpaired) electrons. The fourth-order valence-corrected chi connectivity index (χ4v) is 2.84. The highest BCUT2D eigenvalue weighted by atomic mass is 79.9. The van der Waals surface area contributed by atoms with E-state index in [0.29, 0.717) is 11.8 Å². The molecule has 0 saturated carbocycles. The van der Waals surface area contributed by atoms with Crippen molar-refractivity contribution in [2.24, 2.45) is 0 Å². The Morgan fingerprint density at radius 2 is 2.05 bits per heavy atom. The number of benzene rings is 1. The lowest BCUT2D eigenvalue weighted by atomic mass is 10.2. The zero-order chi connectivity index (χ0) is 13.7. The fourth-order valence-electron chi connectivity index (χ4n) is 1.62. The number of hydrogen-bond acceptors (Lipinski definition) is 4. The SMILES string of the molecule is CCCNCCc1nnc(-c2ccc(Br)cc2Br)o1. The maximum Gasteiger partial charge on any atom is 0.248 e. The van der Waals surface area contributed by atoms with Gasteiger partial charge in [-0.1, -0.05) is 22.9 Å². The van der Waals surface area contributed by atoms with Crippen molar-refractivity contribution in [1.29, 1.82) is 0 Å². The molecule has 1 aromatic heterocycles. The standard InChI is InChI=1S/C13H15Br2N3O/c1-2-6-16-7-5-12-17-18-13(19-12)10-4-3-9(14)8-11(10)15/h3-4,8,16H,2,5-7H2,1H3. The van der Waals surface area contributed by atoms with Gasteiger partial charge in [0, 0.05) is 21.9 Å². The second kappa shape index (κ2) is 7.17. The predicted molar refractivity (Wildman–Crippen MR) is 82.0 cm³/mol. The molecule has 2 aromatic rings. The van der Waals surface area contributed by atoms with Crippen LogP contribution in [0.1, 0.15) is 19.2 Å². The number of rotatable bonds is 6. The molecule has 102 valence electrons. The molecule has 0 aliphatic rings. The van der Waals surface area contributed by atoms with Gasteiger partial charge in [-0.25, -0.2) is 0 Å². The maximum atomic E-state index is 5.66. The van der Waals surface area contributed by atoms with Gasteiger partial charge in [-0.2, -0.15) is 0 Å². The van der Waals surface area contributed by atoms with E-state index in [0.717, 1.165) is 40.4 Å². The van der Waals surface area contributed by atoms with Crippen molar-refractivity contribution in [3.8, 4) is 11.5 Å². The predicted octanol–water partition coefficient (Wildman–Crippen LogP) is 3.80. The number of halogens is 2. The van der Waals surface area contributed by atoms with E-state index in [-0.39, 0.29) is 0 Å². The van der Waals surface area contributed by atoms with E-state index in [1.54, 1.807) is 0 Å². The van der Waals surface area contributed by atoms with Gasteiger partial charge in [-0.15, -0.1) is 10.2 Å². The van der Waals surface area contributed by atoms with Gasteiger partial charge in [-0.3, -0.25) is 0 Å². The van der Waals surface area contributed by atoms with Crippen LogP contribution in [0.4, 0.5) is 0 Å². The van der Waals surface area contributed by atoms with Gasteiger partial charge >= 0.3 is 0 Å². The van der Waals surface area contributed by atoms with Crippen LogP contribution in [0.2, 0.25) is 0 Å². The summed E-state index contributed by atoms with van der Waals surface area (Å²) < 4.78 is 7.60. The summed E-state index contributed by atoms with van der Waals surface area (Å²) in [5.41, 5.74) is 0.906. The van der Waals surface area contributed by atoms with Crippen LogP contribution in [0.25, 0.3) is 11.5 Å². The first-order valence-corrected chi connectivity index (χ1v) is 7.78. The van der Waals surface area contributed by atoms with Gasteiger partial charge in [0.1, 0.15) is 0 Å². The molecule has 0 spiro atoms. The number of nitrogens with zero attached hydrogens (tertiary/aromatic N) is 2. The molecule has 6 heteroatoms. The molecule has 0 amide bonds. The quantitative estimate of drug-likeness (QED) is 0.764. The van der Waals surface area contributed by atoms with Crippen LogP contribution >= 0.6 is 31.9 Å². The van der Waals surface area contributed by atoms with Crippen molar-refractivity contribution in [2.75, 3.05) is 13.1 Å². The normalized spacial score (nSPS) is 10.9. The molecule has 2 rings (SSSR count). The highest BCUT2D eigenvalue weighted by molar-refractivity contribution is 9.11. The summed E-state index contributed by atoms with van der Waals surface area (Å²) in [5.74, 6) is 1.21. The first-order chi connectivity index (χ1) is 9.20. The minimum absolute atomic E-state index is 0.546. The number of nitrogens with one attached hydrogen (secondary N) is 1. The molecule has 19 heavy (non-hydrogen) atoms. The van der Waals surface area contributed by atoms with Crippen molar-refractivity contribution < 1.29 is 4.42 Å². The smallest absolute Gasteiger partial charge is 0.248 e. The Kier molecular flexibility index (Phi) is 5.54. The zero-order valence-corrected chi connectivity index (χ0v) is 13.8. The summed E-state index contributed by atoms with van der Waals surface area (Å²) in [5, 5.41) is 11.5. The molecule has 0 saturated heterocycles. The van der Waals surface area contributed by atoms with E-state index in [9.17, 15) is 0 Å². The summed E-state index contributed by atoms with van der Waals surface area (Å²) in [7, 11) is 0. The Hall–Kier alpha value is -0.720. The van der Waals surface area contributed by atoms with Crippen LogP contribution in [0.3, 0.4) is 0 Å². The van der Waals surface area contributed by atoms with Gasteiger partial charge in [0.05, 0.1) is 5.56 Å². The van der Waals surface area contributed by atoms with Crippen LogP contribution in [-0.2, 0) is 6.42 Å². The summed E-state index contributed by atoms with van der Waals surface area (Å²) >= 11 is 6.91. The van der Waals surface area contributed by atoms with Gasteiger partial charge < -0.3 is 9.73 Å². The number of hydrogen-bond donors (Lipinski definition) is 1. The lowest BCUT2D eigenvalue weighted by Gasteiger charge is -2.00. The Balaban J connectivity index is 2.04. The summed E-state index contributed by atoms with van der Waals surface area (Å²) in [6.07, 6.45) is 1.88. The van der Waals surface area contributed by atoms with Gasteiger partial charge in [0.15, 0.2) is 0 Å². The van der Waals surface area contributed by atoms with E-state index in [1.807, 2.05) is 18.2 Å². The fraction of sp³-hybridized carbons (Fsp3) is 0.385. The van der Waals surface area contributed by atoms with Crippen LogP contribution < -0.4 is 5.32 Å². The van der Waals surface area contributed by atoms with Crippen LogP contribution in [0.5, 0.6) is 0 Å². The maximum absolute atomic E-state index is 5.66. The Morgan fingerprint density at radius 1 is 1.21 bits per heavy atom. The molecule has 0 bridgehead atoms. The molecule has 1 N–H and O–H groups in total. The van der Waals surface area contributed by atoms with Crippen molar-refractivity contribution in [3.05, 3.63) is 33.0 Å². The Morgan fingerprint density at radius 3 is 2.79 bits per heavy atom. The van der Waals surface area contributed by atoms with Gasteiger partial charge in [-0.05, 0) is 47.1 Å². The average molecular weight is 389 g/mol. The summed E-state index contributed by atoms with van der Waals surface area (Å²) in [4.78, 5) is 0. The molecule has 0 atom stereocenters. The summed E-state index contributed by atoms with van der Waals surface area (Å²) in [6.45, 7) is 4.01. The highest BCUT2D eigenvalue weighted by Crippen LogP contribution is 2.29. The second-order valence-electron chi connectivity index (χ2n) is 4.13. The molecule has 4 nitrogen and oxygen atoms in total. The molecule has 0 aliphatic carbocycles. The lowest BCUT2D eigenvalue weighted by Crippen LogP contribution is -2.17. The van der Waals surface area contributed by atoms with Crippen molar-refractivity contribution in [3.63, 3.8) is 0 Å². The second-order valence-corrected chi connectivity index (χ2v) is 5.90. The molecular formula is C13H15Br2N3O. The largest absolute Gasteiger partial charge is 0.421 e. The topological polar surface area (TPSA) is 51.0 Å². The minimum Gasteiger partial charge on any atom is -0.421 e. The van der Waals surface area contributed by atoms with E-state index in [4.69, 9.17) is 4.42 Å². The molecule has 0 aliphatic heterocycles. The van der Waals surface area contributed by atoms with Crippen LogP contribution in [0.15, 0.2) is 31.6 Å². The third-order valence-corrected chi connectivity index (χ3v) is 3.72. The third-order valence-electron chi connectivity index (χ3n) is 2.57. The Labute approximate surface area is 129 Å². The third kappa shape index (κ3) is 4.12. The average Bonchev–Trinajstić information content (AvgIpc) is 2.83. The molecule has 1 aromatic carbocycles. The van der Waals surface area contributed by atoms with E-state index < -0.39 is 0 Å². The van der Waals surface area contributed by atoms with E-state index >= 15 is 0 Å². The van der Waals surface area contributed by atoms with E-state index in [2.05, 4.69) is 54.3 Å². The zero-order valence-electron chi connectivity index (χ0n) is 10.6. The van der Waals surface area contributed by atoms with Crippen molar-refractivity contribution in [2.45, 2.75) is 19.8 Å². The molecule has 0 unspecified atom stereocenters. The highest BCUT2D eigenvalue weighted by Gasteiger charge is 2.11. The molecule has 1 heterocycles. The molecular weight excluding hydrogens is 374 g/mol. The van der Waals surface area contributed by atoms with Crippen molar-refractivity contribution in [1.82, 2.24) is 15.5 Å². The Bertz CT molecular complexity index is 542. The minimum atomic E-state index is 0.546. The summed E-state index contributed by atoms with van der Waals surface area (Å²) in [6, 6.07) is 5.86. The first-order valence-electron chi connectivity index (χ1n) is 6.19. The lowest BCUT2D eigenvalue weighted by molar-refractivity contribution is 0.494. The van der Waals surface area contributed by atoms with Gasteiger partial charge in [0.25, 0.3) is 0 Å².